The fraction of sp³-hybridized carbons (Fsp3) is 0.923. The lowest BCUT2D eigenvalue weighted by Crippen LogP contribution is -2.55. The highest BCUT2D eigenvalue weighted by atomic mass is 16.2. The summed E-state index contributed by atoms with van der Waals surface area (Å²) in [5.74, 6) is 0.0575. The first-order valence-corrected chi connectivity index (χ1v) is 6.76. The number of nitrogens with two attached hydrogens (primary N) is 1. The molecule has 0 saturated heterocycles. The van der Waals surface area contributed by atoms with Gasteiger partial charge in [0.15, 0.2) is 0 Å². The van der Waals surface area contributed by atoms with Crippen molar-refractivity contribution in [2.75, 3.05) is 27.2 Å². The van der Waals surface area contributed by atoms with Crippen LogP contribution in [0.15, 0.2) is 0 Å². The van der Waals surface area contributed by atoms with Crippen LogP contribution in [-0.2, 0) is 4.79 Å². The van der Waals surface area contributed by atoms with Gasteiger partial charge in [-0.1, -0.05) is 19.3 Å². The van der Waals surface area contributed by atoms with E-state index in [-0.39, 0.29) is 5.91 Å². The number of unbranched alkanes of at least 4 members (excludes halogenated alkanes) is 1. The molecule has 1 rings (SSSR count). The highest BCUT2D eigenvalue weighted by Gasteiger charge is 2.34. The van der Waals surface area contributed by atoms with Crippen LogP contribution in [0.2, 0.25) is 0 Å². The summed E-state index contributed by atoms with van der Waals surface area (Å²) in [6.45, 7) is 1.83. The van der Waals surface area contributed by atoms with E-state index in [2.05, 4.69) is 24.3 Å². The molecule has 1 saturated carbocycles. The van der Waals surface area contributed by atoms with E-state index >= 15 is 0 Å². The maximum absolute atomic E-state index is 12.0. The van der Waals surface area contributed by atoms with Crippen LogP contribution in [-0.4, -0.2) is 43.5 Å². The first kappa shape index (κ1) is 14.5. The molecule has 1 aliphatic rings. The lowest BCUT2D eigenvalue weighted by molar-refractivity contribution is -0.127. The lowest BCUT2D eigenvalue weighted by Gasteiger charge is -2.31. The van der Waals surface area contributed by atoms with Crippen molar-refractivity contribution in [2.24, 2.45) is 5.73 Å². The van der Waals surface area contributed by atoms with E-state index in [0.29, 0.717) is 0 Å². The van der Waals surface area contributed by atoms with E-state index in [0.717, 1.165) is 51.6 Å². The zero-order chi connectivity index (χ0) is 12.7. The molecule has 0 heterocycles. The molecule has 1 amide bonds. The average molecular weight is 241 g/mol. The van der Waals surface area contributed by atoms with Crippen molar-refractivity contribution >= 4 is 5.91 Å². The summed E-state index contributed by atoms with van der Waals surface area (Å²) in [6, 6.07) is 0. The maximum atomic E-state index is 12.0. The number of hydrogen-bond donors (Lipinski definition) is 2. The van der Waals surface area contributed by atoms with Crippen LogP contribution >= 0.6 is 0 Å². The third-order valence-corrected chi connectivity index (χ3v) is 3.52. The van der Waals surface area contributed by atoms with Crippen LogP contribution in [0.1, 0.15) is 44.9 Å². The number of nitrogens with one attached hydrogen (secondary N) is 1. The molecule has 1 fully saturated rings. The Bertz CT molecular complexity index is 235. The Labute approximate surface area is 105 Å². The molecule has 3 N–H and O–H groups in total. The monoisotopic (exact) mass is 241 g/mol. The van der Waals surface area contributed by atoms with Crippen LogP contribution in [0.5, 0.6) is 0 Å². The van der Waals surface area contributed by atoms with Gasteiger partial charge in [0.1, 0.15) is 0 Å². The minimum absolute atomic E-state index is 0.0575. The van der Waals surface area contributed by atoms with Crippen molar-refractivity contribution in [2.45, 2.75) is 50.5 Å². The smallest absolute Gasteiger partial charge is 0.240 e. The van der Waals surface area contributed by atoms with Gasteiger partial charge in [-0.25, -0.2) is 0 Å². The summed E-state index contributed by atoms with van der Waals surface area (Å²) in [4.78, 5) is 14.1. The van der Waals surface area contributed by atoms with Gasteiger partial charge in [0.2, 0.25) is 5.91 Å². The number of carbonyl (C=O) groups excluding carboxylic acids is 1. The van der Waals surface area contributed by atoms with E-state index in [1.807, 2.05) is 0 Å². The summed E-state index contributed by atoms with van der Waals surface area (Å²) < 4.78 is 0. The highest BCUT2D eigenvalue weighted by Crippen LogP contribution is 2.25. The Morgan fingerprint density at radius 1 is 1.24 bits per heavy atom. The molecule has 0 atom stereocenters. The van der Waals surface area contributed by atoms with E-state index in [9.17, 15) is 4.79 Å². The largest absolute Gasteiger partial charge is 0.355 e. The van der Waals surface area contributed by atoms with Gasteiger partial charge >= 0.3 is 0 Å². The van der Waals surface area contributed by atoms with Gasteiger partial charge in [0.25, 0.3) is 0 Å². The Kier molecular flexibility index (Phi) is 5.92. The molecule has 4 nitrogen and oxygen atoms in total. The van der Waals surface area contributed by atoms with Crippen LogP contribution in [0.3, 0.4) is 0 Å². The van der Waals surface area contributed by atoms with Gasteiger partial charge in [-0.15, -0.1) is 0 Å². The molecule has 0 aromatic rings. The molecule has 0 aliphatic heterocycles. The third-order valence-electron chi connectivity index (χ3n) is 3.52. The van der Waals surface area contributed by atoms with E-state index in [4.69, 9.17) is 5.73 Å². The zero-order valence-electron chi connectivity index (χ0n) is 11.3. The Morgan fingerprint density at radius 2 is 1.88 bits per heavy atom. The molecule has 1 aliphatic carbocycles. The minimum atomic E-state index is -0.584. The second kappa shape index (κ2) is 6.97. The molecule has 0 unspecified atom stereocenters. The first-order chi connectivity index (χ1) is 8.04. The SMILES string of the molecule is CN(C)CCCCNC(=O)C1(N)CCCCC1. The Balaban J connectivity index is 2.15. The molecule has 0 aromatic carbocycles. The predicted octanol–water partition coefficient (Wildman–Crippen LogP) is 1.11. The summed E-state index contributed by atoms with van der Waals surface area (Å²) in [5.41, 5.74) is 5.56. The summed E-state index contributed by atoms with van der Waals surface area (Å²) in [5, 5.41) is 2.98. The molecular formula is C13H27N3O. The van der Waals surface area contributed by atoms with Gasteiger partial charge in [-0.3, -0.25) is 4.79 Å². The molecule has 0 radical (unpaired) electrons. The van der Waals surface area contributed by atoms with Crippen LogP contribution < -0.4 is 11.1 Å². The van der Waals surface area contributed by atoms with Crippen molar-refractivity contribution in [1.82, 2.24) is 10.2 Å². The predicted molar refractivity (Wildman–Crippen MR) is 70.8 cm³/mol. The summed E-state index contributed by atoms with van der Waals surface area (Å²) >= 11 is 0. The summed E-state index contributed by atoms with van der Waals surface area (Å²) in [7, 11) is 4.13. The Hall–Kier alpha value is -0.610. The average Bonchev–Trinajstić information content (AvgIpc) is 2.29. The van der Waals surface area contributed by atoms with E-state index in [1.165, 1.54) is 6.42 Å². The van der Waals surface area contributed by atoms with Crippen molar-refractivity contribution in [3.05, 3.63) is 0 Å². The minimum Gasteiger partial charge on any atom is -0.355 e. The molecule has 0 spiro atoms. The number of carbonyl (C=O) groups is 1. The molecule has 4 heteroatoms. The van der Waals surface area contributed by atoms with Crippen LogP contribution in [0.25, 0.3) is 0 Å². The number of nitrogens with zero attached hydrogens (tertiary/aromatic N) is 1. The van der Waals surface area contributed by atoms with Gasteiger partial charge in [-0.2, -0.15) is 0 Å². The standard InChI is InChI=1S/C13H27N3O/c1-16(2)11-7-6-10-15-12(17)13(14)8-4-3-5-9-13/h3-11,14H2,1-2H3,(H,15,17). The quantitative estimate of drug-likeness (QED) is 0.685. The number of rotatable bonds is 6. The van der Waals surface area contributed by atoms with Gasteiger partial charge in [0, 0.05) is 6.54 Å². The van der Waals surface area contributed by atoms with Crippen LogP contribution in [0, 0.1) is 0 Å². The highest BCUT2D eigenvalue weighted by molar-refractivity contribution is 5.86. The van der Waals surface area contributed by atoms with Gasteiger partial charge in [-0.05, 0) is 46.3 Å². The van der Waals surface area contributed by atoms with Gasteiger partial charge < -0.3 is 16.0 Å². The topological polar surface area (TPSA) is 58.4 Å². The van der Waals surface area contributed by atoms with Crippen molar-refractivity contribution < 1.29 is 4.79 Å². The number of hydrogen-bond acceptors (Lipinski definition) is 3. The van der Waals surface area contributed by atoms with Crippen LogP contribution in [0.4, 0.5) is 0 Å². The summed E-state index contributed by atoms with van der Waals surface area (Å²) in [6.07, 6.45) is 7.22. The second-order valence-electron chi connectivity index (χ2n) is 5.48. The number of amides is 1. The van der Waals surface area contributed by atoms with Crippen molar-refractivity contribution in [3.8, 4) is 0 Å². The van der Waals surface area contributed by atoms with Crippen molar-refractivity contribution in [1.29, 1.82) is 0 Å². The third kappa shape index (κ3) is 5.04. The lowest BCUT2D eigenvalue weighted by atomic mass is 9.82. The zero-order valence-corrected chi connectivity index (χ0v) is 11.3. The first-order valence-electron chi connectivity index (χ1n) is 6.76. The maximum Gasteiger partial charge on any atom is 0.240 e. The Morgan fingerprint density at radius 3 is 2.47 bits per heavy atom. The molecule has 100 valence electrons. The molecule has 0 bridgehead atoms. The van der Waals surface area contributed by atoms with Crippen molar-refractivity contribution in [3.63, 3.8) is 0 Å². The molecule has 17 heavy (non-hydrogen) atoms. The van der Waals surface area contributed by atoms with E-state index in [1.54, 1.807) is 0 Å². The van der Waals surface area contributed by atoms with Gasteiger partial charge in [0.05, 0.1) is 5.54 Å². The second-order valence-corrected chi connectivity index (χ2v) is 5.48. The normalized spacial score (nSPS) is 19.3. The molecular weight excluding hydrogens is 214 g/mol. The fourth-order valence-corrected chi connectivity index (χ4v) is 2.34. The fourth-order valence-electron chi connectivity index (χ4n) is 2.34. The van der Waals surface area contributed by atoms with E-state index < -0.39 is 5.54 Å². The molecule has 0 aromatic heterocycles.